The summed E-state index contributed by atoms with van der Waals surface area (Å²) in [5, 5.41) is 3.88. The summed E-state index contributed by atoms with van der Waals surface area (Å²) < 4.78 is 13.3. The number of amides is 2. The normalized spacial score (nSPS) is 12.8. The lowest BCUT2D eigenvalue weighted by Gasteiger charge is -2.29. The molecule has 0 bridgehead atoms. The monoisotopic (exact) mass is 484 g/mol. The predicted octanol–water partition coefficient (Wildman–Crippen LogP) is 5.70. The Balaban J connectivity index is 2.07. The third kappa shape index (κ3) is 8.02. The molecule has 0 aromatic heterocycles. The Bertz CT molecular complexity index is 896. The van der Waals surface area contributed by atoms with Crippen LogP contribution >= 0.6 is 35.0 Å². The summed E-state index contributed by atoms with van der Waals surface area (Å²) in [6.45, 7) is 5.84. The van der Waals surface area contributed by atoms with Crippen LogP contribution in [0.4, 0.5) is 4.39 Å². The van der Waals surface area contributed by atoms with Gasteiger partial charge >= 0.3 is 0 Å². The molecule has 31 heavy (non-hydrogen) atoms. The molecule has 0 saturated heterocycles. The molecule has 0 aliphatic rings. The molecule has 168 valence electrons. The minimum Gasteiger partial charge on any atom is -0.352 e. The van der Waals surface area contributed by atoms with E-state index in [0.29, 0.717) is 15.8 Å². The molecule has 0 heterocycles. The Labute approximate surface area is 197 Å². The van der Waals surface area contributed by atoms with Crippen LogP contribution in [0.1, 0.15) is 38.3 Å². The molecule has 4 nitrogen and oxygen atoms in total. The van der Waals surface area contributed by atoms with Gasteiger partial charge < -0.3 is 10.2 Å². The van der Waals surface area contributed by atoms with Crippen LogP contribution in [-0.2, 0) is 21.9 Å². The van der Waals surface area contributed by atoms with Crippen molar-refractivity contribution >= 4 is 46.8 Å². The Hall–Kier alpha value is -1.76. The molecule has 2 aromatic carbocycles. The van der Waals surface area contributed by atoms with E-state index in [1.165, 1.54) is 28.8 Å². The zero-order valence-electron chi connectivity index (χ0n) is 17.8. The number of hydrogen-bond donors (Lipinski definition) is 1. The maximum atomic E-state index is 13.3. The van der Waals surface area contributed by atoms with Crippen molar-refractivity contribution in [2.24, 2.45) is 0 Å². The molecule has 0 radical (unpaired) electrons. The largest absolute Gasteiger partial charge is 0.352 e. The molecule has 2 rings (SSSR count). The number of carbonyl (C=O) groups excluding carboxylic acids is 2. The average molecular weight is 485 g/mol. The molecular weight excluding hydrogens is 458 g/mol. The van der Waals surface area contributed by atoms with Crippen LogP contribution < -0.4 is 5.32 Å². The van der Waals surface area contributed by atoms with E-state index in [1.54, 1.807) is 31.2 Å². The minimum atomic E-state index is -0.655. The lowest BCUT2D eigenvalue weighted by molar-refractivity contribution is -0.138. The zero-order valence-corrected chi connectivity index (χ0v) is 20.2. The summed E-state index contributed by atoms with van der Waals surface area (Å²) in [4.78, 5) is 27.2. The van der Waals surface area contributed by atoms with Crippen LogP contribution in [0.15, 0.2) is 42.5 Å². The highest BCUT2D eigenvalue weighted by Gasteiger charge is 2.26. The third-order valence-electron chi connectivity index (χ3n) is 4.91. The molecule has 0 aliphatic heterocycles. The van der Waals surface area contributed by atoms with Gasteiger partial charge in [-0.25, -0.2) is 4.39 Å². The maximum Gasteiger partial charge on any atom is 0.242 e. The Morgan fingerprint density at radius 1 is 1.06 bits per heavy atom. The summed E-state index contributed by atoms with van der Waals surface area (Å²) in [7, 11) is 0. The summed E-state index contributed by atoms with van der Waals surface area (Å²) in [6, 6.07) is 10.7. The van der Waals surface area contributed by atoms with E-state index < -0.39 is 6.04 Å². The van der Waals surface area contributed by atoms with Gasteiger partial charge in [0.05, 0.1) is 15.8 Å². The standard InChI is InChI=1S/C23H27Cl2FN2O2S/c1-4-15(2)27-23(30)16(3)28(12-17-5-8-19(26)9-6-17)22(29)14-31-13-18-7-10-20(24)21(25)11-18/h5-11,15-16H,4,12-14H2,1-3H3,(H,27,30)/t15-,16+/m1/s1. The Morgan fingerprint density at radius 3 is 2.32 bits per heavy atom. The van der Waals surface area contributed by atoms with Gasteiger partial charge in [0.25, 0.3) is 0 Å². The van der Waals surface area contributed by atoms with E-state index in [-0.39, 0.29) is 36.0 Å². The van der Waals surface area contributed by atoms with Crippen LogP contribution in [0.2, 0.25) is 10.0 Å². The first-order valence-corrected chi connectivity index (χ1v) is 12.0. The van der Waals surface area contributed by atoms with Crippen LogP contribution in [0.25, 0.3) is 0 Å². The van der Waals surface area contributed by atoms with E-state index in [1.807, 2.05) is 19.9 Å². The first kappa shape index (κ1) is 25.5. The van der Waals surface area contributed by atoms with Gasteiger partial charge in [-0.05, 0) is 55.7 Å². The van der Waals surface area contributed by atoms with Gasteiger partial charge in [0, 0.05) is 18.3 Å². The van der Waals surface area contributed by atoms with Gasteiger partial charge in [0.2, 0.25) is 11.8 Å². The molecule has 1 N–H and O–H groups in total. The third-order valence-corrected chi connectivity index (χ3v) is 6.64. The second-order valence-corrected chi connectivity index (χ2v) is 9.18. The minimum absolute atomic E-state index is 0.0155. The maximum absolute atomic E-state index is 13.3. The van der Waals surface area contributed by atoms with Crippen molar-refractivity contribution in [3.63, 3.8) is 0 Å². The topological polar surface area (TPSA) is 49.4 Å². The first-order chi connectivity index (χ1) is 14.7. The average Bonchev–Trinajstić information content (AvgIpc) is 2.75. The summed E-state index contributed by atoms with van der Waals surface area (Å²) in [5.74, 6) is 0.0601. The predicted molar refractivity (Wildman–Crippen MR) is 127 cm³/mol. The van der Waals surface area contributed by atoms with Crippen LogP contribution in [-0.4, -0.2) is 34.6 Å². The highest BCUT2D eigenvalue weighted by Crippen LogP contribution is 2.25. The fourth-order valence-electron chi connectivity index (χ4n) is 2.80. The van der Waals surface area contributed by atoms with Gasteiger partial charge in [-0.15, -0.1) is 11.8 Å². The van der Waals surface area contributed by atoms with Crippen molar-refractivity contribution in [3.8, 4) is 0 Å². The molecule has 0 fully saturated rings. The number of nitrogens with zero attached hydrogens (tertiary/aromatic N) is 1. The highest BCUT2D eigenvalue weighted by atomic mass is 35.5. The fraction of sp³-hybridized carbons (Fsp3) is 0.391. The molecule has 8 heteroatoms. The number of benzene rings is 2. The van der Waals surface area contributed by atoms with Gasteiger partial charge in [0.15, 0.2) is 0 Å². The molecule has 0 saturated carbocycles. The molecular formula is C23H27Cl2FN2O2S. The molecule has 2 aromatic rings. The lowest BCUT2D eigenvalue weighted by Crippen LogP contribution is -2.50. The number of hydrogen-bond acceptors (Lipinski definition) is 3. The van der Waals surface area contributed by atoms with Crippen LogP contribution in [0.5, 0.6) is 0 Å². The molecule has 2 amide bonds. The van der Waals surface area contributed by atoms with Gasteiger partial charge in [-0.2, -0.15) is 0 Å². The molecule has 0 spiro atoms. The molecule has 0 aliphatic carbocycles. The highest BCUT2D eigenvalue weighted by molar-refractivity contribution is 7.99. The van der Waals surface area contributed by atoms with Crippen molar-refractivity contribution in [3.05, 3.63) is 69.5 Å². The smallest absolute Gasteiger partial charge is 0.242 e. The second-order valence-electron chi connectivity index (χ2n) is 7.38. The van der Waals surface area contributed by atoms with Gasteiger partial charge in [-0.1, -0.05) is 48.3 Å². The second kappa shape index (κ2) is 12.3. The number of thioether (sulfide) groups is 1. The number of nitrogens with one attached hydrogen (secondary N) is 1. The SMILES string of the molecule is CC[C@@H](C)NC(=O)[C@H](C)N(Cc1ccc(F)cc1)C(=O)CSCc1ccc(Cl)c(Cl)c1. The van der Waals surface area contributed by atoms with E-state index in [2.05, 4.69) is 5.32 Å². The lowest BCUT2D eigenvalue weighted by atomic mass is 10.1. The number of halogens is 3. The summed E-state index contributed by atoms with van der Waals surface area (Å²) in [5.41, 5.74) is 1.72. The Kier molecular flexibility index (Phi) is 10.1. The first-order valence-electron chi connectivity index (χ1n) is 10.1. The fourth-order valence-corrected chi connectivity index (χ4v) is 3.98. The van der Waals surface area contributed by atoms with E-state index in [4.69, 9.17) is 23.2 Å². The van der Waals surface area contributed by atoms with Crippen LogP contribution in [0, 0.1) is 5.82 Å². The summed E-state index contributed by atoms with van der Waals surface area (Å²) >= 11 is 13.4. The number of rotatable bonds is 10. The van der Waals surface area contributed by atoms with E-state index >= 15 is 0 Å². The van der Waals surface area contributed by atoms with Gasteiger partial charge in [-0.3, -0.25) is 9.59 Å². The molecule has 0 unspecified atom stereocenters. The van der Waals surface area contributed by atoms with Gasteiger partial charge in [0.1, 0.15) is 11.9 Å². The van der Waals surface area contributed by atoms with Crippen molar-refractivity contribution in [1.29, 1.82) is 0 Å². The van der Waals surface area contributed by atoms with E-state index in [9.17, 15) is 14.0 Å². The zero-order chi connectivity index (χ0) is 23.0. The van der Waals surface area contributed by atoms with Crippen molar-refractivity contribution in [1.82, 2.24) is 10.2 Å². The van der Waals surface area contributed by atoms with Crippen molar-refractivity contribution < 1.29 is 14.0 Å². The Morgan fingerprint density at radius 2 is 1.71 bits per heavy atom. The summed E-state index contributed by atoms with van der Waals surface area (Å²) in [6.07, 6.45) is 0.796. The number of carbonyl (C=O) groups is 2. The van der Waals surface area contributed by atoms with E-state index in [0.717, 1.165) is 17.5 Å². The van der Waals surface area contributed by atoms with Crippen molar-refractivity contribution in [2.75, 3.05) is 5.75 Å². The molecule has 2 atom stereocenters. The van der Waals surface area contributed by atoms with Crippen molar-refractivity contribution in [2.45, 2.75) is 51.6 Å². The quantitative estimate of drug-likeness (QED) is 0.470. The van der Waals surface area contributed by atoms with Crippen LogP contribution in [0.3, 0.4) is 0 Å².